The Morgan fingerprint density at radius 3 is 2.47 bits per heavy atom. The van der Waals surface area contributed by atoms with Crippen molar-refractivity contribution in [1.29, 1.82) is 0 Å². The number of aryl methyl sites for hydroxylation is 1. The van der Waals surface area contributed by atoms with Crippen molar-refractivity contribution in [1.82, 2.24) is 10.2 Å². The van der Waals surface area contributed by atoms with Crippen molar-refractivity contribution >= 4 is 35.3 Å². The maximum atomic E-state index is 12.5. The van der Waals surface area contributed by atoms with E-state index in [4.69, 9.17) is 0 Å². The summed E-state index contributed by atoms with van der Waals surface area (Å²) < 4.78 is 0. The van der Waals surface area contributed by atoms with Crippen molar-refractivity contribution in [2.45, 2.75) is 23.7 Å². The average molecular weight is 463 g/mol. The van der Waals surface area contributed by atoms with Gasteiger partial charge < -0.3 is 10.2 Å². The Kier molecular flexibility index (Phi) is 7.55. The number of thioether (sulfide) groups is 2. The van der Waals surface area contributed by atoms with Crippen LogP contribution in [0.4, 0.5) is 0 Å². The molecule has 0 spiro atoms. The third-order valence-electron chi connectivity index (χ3n) is 5.30. The number of nitrogens with one attached hydrogen (secondary N) is 1. The normalized spacial score (nSPS) is 15.7. The average Bonchev–Trinajstić information content (AvgIpc) is 3.18. The van der Waals surface area contributed by atoms with Gasteiger partial charge in [0.2, 0.25) is 5.91 Å². The summed E-state index contributed by atoms with van der Waals surface area (Å²) in [6.07, 6.45) is 0. The quantitative estimate of drug-likeness (QED) is 0.365. The molecule has 6 heteroatoms. The molecule has 0 bridgehead atoms. The van der Waals surface area contributed by atoms with Crippen LogP contribution in [0.25, 0.3) is 0 Å². The molecule has 3 aromatic carbocycles. The maximum absolute atomic E-state index is 12.5. The molecule has 0 aromatic heterocycles. The van der Waals surface area contributed by atoms with E-state index in [1.165, 1.54) is 10.5 Å². The van der Waals surface area contributed by atoms with E-state index < -0.39 is 0 Å². The van der Waals surface area contributed by atoms with Crippen molar-refractivity contribution in [2.75, 3.05) is 18.1 Å². The van der Waals surface area contributed by atoms with Crippen LogP contribution in [0.2, 0.25) is 0 Å². The second kappa shape index (κ2) is 10.7. The lowest BCUT2D eigenvalue weighted by molar-refractivity contribution is -0.128. The Morgan fingerprint density at radius 1 is 1.03 bits per heavy atom. The number of rotatable bonds is 8. The molecule has 1 atom stereocenters. The highest BCUT2D eigenvalue weighted by atomic mass is 32.2. The number of carbonyl (C=O) groups excluding carboxylic acids is 2. The summed E-state index contributed by atoms with van der Waals surface area (Å²) in [5.41, 5.74) is 4.05. The summed E-state index contributed by atoms with van der Waals surface area (Å²) in [5.74, 6) is 1.38. The van der Waals surface area contributed by atoms with Crippen molar-refractivity contribution in [3.05, 3.63) is 101 Å². The maximum Gasteiger partial charge on any atom is 0.251 e. The van der Waals surface area contributed by atoms with Crippen LogP contribution in [-0.4, -0.2) is 34.8 Å². The van der Waals surface area contributed by atoms with Crippen LogP contribution >= 0.6 is 23.5 Å². The predicted octanol–water partition coefficient (Wildman–Crippen LogP) is 5.29. The van der Waals surface area contributed by atoms with E-state index in [2.05, 4.69) is 36.5 Å². The first-order chi connectivity index (χ1) is 15.6. The Labute approximate surface area is 197 Å². The molecule has 1 heterocycles. The van der Waals surface area contributed by atoms with Gasteiger partial charge in [-0.2, -0.15) is 0 Å². The van der Waals surface area contributed by atoms with Crippen molar-refractivity contribution < 1.29 is 9.59 Å². The second-order valence-corrected chi connectivity index (χ2v) is 9.95. The third-order valence-corrected chi connectivity index (χ3v) is 7.57. The first-order valence-electron chi connectivity index (χ1n) is 10.6. The summed E-state index contributed by atoms with van der Waals surface area (Å²) in [5, 5.41) is 2.97. The van der Waals surface area contributed by atoms with Gasteiger partial charge in [-0.1, -0.05) is 60.2 Å². The van der Waals surface area contributed by atoms with Gasteiger partial charge in [0.25, 0.3) is 5.91 Å². The van der Waals surface area contributed by atoms with Crippen LogP contribution in [0.5, 0.6) is 0 Å². The van der Waals surface area contributed by atoms with Crippen LogP contribution in [0.15, 0.2) is 83.8 Å². The number of benzene rings is 3. The van der Waals surface area contributed by atoms with E-state index >= 15 is 0 Å². The monoisotopic (exact) mass is 462 g/mol. The Bertz CT molecular complexity index is 1050. The minimum atomic E-state index is -0.0719. The van der Waals surface area contributed by atoms with Crippen LogP contribution in [0.1, 0.15) is 32.4 Å². The molecule has 0 radical (unpaired) electrons. The number of hydrogen-bond donors (Lipinski definition) is 1. The van der Waals surface area contributed by atoms with E-state index in [-0.39, 0.29) is 17.2 Å². The van der Waals surface area contributed by atoms with Crippen molar-refractivity contribution in [3.8, 4) is 0 Å². The second-order valence-electron chi connectivity index (χ2n) is 7.71. The van der Waals surface area contributed by atoms with Crippen LogP contribution < -0.4 is 5.32 Å². The van der Waals surface area contributed by atoms with E-state index in [0.29, 0.717) is 24.4 Å². The highest BCUT2D eigenvalue weighted by Crippen LogP contribution is 2.39. The van der Waals surface area contributed by atoms with Crippen LogP contribution in [0.3, 0.4) is 0 Å². The minimum absolute atomic E-state index is 0.0225. The Hall–Kier alpha value is -2.70. The molecule has 1 saturated heterocycles. The van der Waals surface area contributed by atoms with Gasteiger partial charge in [0.15, 0.2) is 0 Å². The van der Waals surface area contributed by atoms with E-state index in [1.54, 1.807) is 23.5 Å². The standard InChI is InChI=1S/C26H26N2O2S2/c1-19-7-13-23(14-8-19)31-16-15-27-25(30)21-9-11-22(12-10-21)26-28(24(29)18-32-26)17-20-5-3-2-4-6-20/h2-14,26H,15-18H2,1H3,(H,27,30)/t26-/m0/s1. The molecular weight excluding hydrogens is 436 g/mol. The van der Waals surface area contributed by atoms with Crippen molar-refractivity contribution in [2.24, 2.45) is 0 Å². The fourth-order valence-corrected chi connectivity index (χ4v) is 5.51. The molecule has 0 saturated carbocycles. The fraction of sp³-hybridized carbons (Fsp3) is 0.231. The largest absolute Gasteiger partial charge is 0.351 e. The third kappa shape index (κ3) is 5.75. The van der Waals surface area contributed by atoms with Crippen molar-refractivity contribution in [3.63, 3.8) is 0 Å². The number of hydrogen-bond acceptors (Lipinski definition) is 4. The first kappa shape index (κ1) is 22.5. The molecule has 1 N–H and O–H groups in total. The van der Waals surface area contributed by atoms with Crippen LogP contribution in [0, 0.1) is 6.92 Å². The fourth-order valence-electron chi connectivity index (χ4n) is 3.55. The zero-order valence-corrected chi connectivity index (χ0v) is 19.6. The lowest BCUT2D eigenvalue weighted by atomic mass is 10.1. The molecule has 0 unspecified atom stereocenters. The summed E-state index contributed by atoms with van der Waals surface area (Å²) in [7, 11) is 0. The predicted molar refractivity (Wildman–Crippen MR) is 133 cm³/mol. The first-order valence-corrected chi connectivity index (χ1v) is 12.7. The molecule has 4 nitrogen and oxygen atoms in total. The van der Waals surface area contributed by atoms with Gasteiger partial charge in [0.05, 0.1) is 5.75 Å². The molecule has 164 valence electrons. The molecule has 2 amide bonds. The van der Waals surface area contributed by atoms with E-state index in [0.717, 1.165) is 16.9 Å². The number of nitrogens with zero attached hydrogens (tertiary/aromatic N) is 1. The van der Waals surface area contributed by atoms with Gasteiger partial charge >= 0.3 is 0 Å². The van der Waals surface area contributed by atoms with E-state index in [1.807, 2.05) is 59.5 Å². The molecule has 32 heavy (non-hydrogen) atoms. The van der Waals surface area contributed by atoms with Gasteiger partial charge in [-0.3, -0.25) is 9.59 Å². The number of amides is 2. The van der Waals surface area contributed by atoms with Gasteiger partial charge in [0, 0.05) is 29.3 Å². The van der Waals surface area contributed by atoms with Gasteiger partial charge in [-0.25, -0.2) is 0 Å². The molecule has 0 aliphatic carbocycles. The topological polar surface area (TPSA) is 49.4 Å². The highest BCUT2D eigenvalue weighted by molar-refractivity contribution is 8.00. The van der Waals surface area contributed by atoms with Gasteiger partial charge in [-0.05, 0) is 42.3 Å². The zero-order valence-electron chi connectivity index (χ0n) is 18.0. The zero-order chi connectivity index (χ0) is 22.3. The smallest absolute Gasteiger partial charge is 0.251 e. The minimum Gasteiger partial charge on any atom is -0.351 e. The molecule has 1 aliphatic heterocycles. The Balaban J connectivity index is 1.31. The summed E-state index contributed by atoms with van der Waals surface area (Å²) >= 11 is 3.37. The highest BCUT2D eigenvalue weighted by Gasteiger charge is 2.32. The lowest BCUT2D eigenvalue weighted by Gasteiger charge is -2.24. The molecule has 3 aromatic rings. The summed E-state index contributed by atoms with van der Waals surface area (Å²) in [6, 6.07) is 26.1. The Morgan fingerprint density at radius 2 is 1.75 bits per heavy atom. The van der Waals surface area contributed by atoms with E-state index in [9.17, 15) is 9.59 Å². The molecule has 1 aliphatic rings. The lowest BCUT2D eigenvalue weighted by Crippen LogP contribution is -2.28. The summed E-state index contributed by atoms with van der Waals surface area (Å²) in [6.45, 7) is 3.28. The SMILES string of the molecule is Cc1ccc(SCCNC(=O)c2ccc([C@@H]3SCC(=O)N3Cc3ccccc3)cc2)cc1. The summed E-state index contributed by atoms with van der Waals surface area (Å²) in [4.78, 5) is 28.1. The van der Waals surface area contributed by atoms with Gasteiger partial charge in [0.1, 0.15) is 5.37 Å². The van der Waals surface area contributed by atoms with Gasteiger partial charge in [-0.15, -0.1) is 23.5 Å². The molecule has 4 rings (SSSR count). The molecular formula is C26H26N2O2S2. The van der Waals surface area contributed by atoms with Crippen LogP contribution in [-0.2, 0) is 11.3 Å². The number of carbonyl (C=O) groups is 2. The molecule has 1 fully saturated rings.